The molecule has 0 aromatic heterocycles. The Labute approximate surface area is 329 Å². The van der Waals surface area contributed by atoms with Crippen molar-refractivity contribution in [1.82, 2.24) is 0 Å². The van der Waals surface area contributed by atoms with Crippen molar-refractivity contribution in [3.05, 3.63) is 102 Å². The van der Waals surface area contributed by atoms with Gasteiger partial charge in [0.2, 0.25) is 0 Å². The van der Waals surface area contributed by atoms with E-state index in [1.807, 2.05) is 0 Å². The van der Waals surface area contributed by atoms with E-state index in [-0.39, 0.29) is 71.3 Å². The average Bonchev–Trinajstić information content (AvgIpc) is 3.64. The van der Waals surface area contributed by atoms with Crippen LogP contribution in [0, 0.1) is 0 Å². The summed E-state index contributed by atoms with van der Waals surface area (Å²) in [6.45, 7) is 0.159. The number of halogens is 20. The van der Waals surface area contributed by atoms with Crippen LogP contribution in [0.25, 0.3) is 4.13 Å². The van der Waals surface area contributed by atoms with Gasteiger partial charge in [-0.1, -0.05) is 29.3 Å². The van der Waals surface area contributed by atoms with Crippen molar-refractivity contribution < 1.29 is 105 Å². The molecule has 3 aromatic rings. The molecule has 1 unspecified atom stereocenters. The van der Waals surface area contributed by atoms with Gasteiger partial charge in [-0.3, -0.25) is 0 Å². The number of sulfonamides is 2. The Kier molecular flexibility index (Phi) is 12.8. The number of alkyl halides is 18. The van der Waals surface area contributed by atoms with Crippen molar-refractivity contribution in [2.75, 3.05) is 6.54 Å². The predicted molar refractivity (Wildman–Crippen MR) is 169 cm³/mol. The molecule has 7 nitrogen and oxygen atoms in total. The molecule has 0 aliphatic carbocycles. The van der Waals surface area contributed by atoms with Crippen LogP contribution in [0.15, 0.2) is 54.6 Å². The topological polar surface area (TPSA) is 96.1 Å². The van der Waals surface area contributed by atoms with Gasteiger partial charge in [0, 0.05) is 28.3 Å². The van der Waals surface area contributed by atoms with E-state index < -0.39 is 108 Å². The van der Waals surface area contributed by atoms with Gasteiger partial charge in [-0.25, -0.2) is 16.8 Å². The number of rotatable bonds is 5. The number of nitrogens with zero attached hydrogens (tertiary/aromatic N) is 1. The van der Waals surface area contributed by atoms with Crippen LogP contribution >= 0.6 is 23.2 Å². The van der Waals surface area contributed by atoms with Gasteiger partial charge in [-0.15, -0.1) is 0 Å². The zero-order chi connectivity index (χ0) is 45.3. The summed E-state index contributed by atoms with van der Waals surface area (Å²) < 4.78 is 283. The Hall–Kier alpha value is -3.18. The van der Waals surface area contributed by atoms with Crippen LogP contribution in [0.4, 0.5) is 79.0 Å². The fourth-order valence-electron chi connectivity index (χ4n) is 6.23. The maximum Gasteiger partial charge on any atom is 0.612 e. The number of hydrogen-bond donors (Lipinski definition) is 1. The molecule has 2 fully saturated rings. The summed E-state index contributed by atoms with van der Waals surface area (Å²) in [5.41, 5.74) is -24.0. The van der Waals surface area contributed by atoms with Gasteiger partial charge in [-0.2, -0.15) is 79.0 Å². The van der Waals surface area contributed by atoms with E-state index in [1.165, 1.54) is 18.2 Å². The summed E-state index contributed by atoms with van der Waals surface area (Å²) in [5.74, 6) is 0. The molecule has 2 atom stereocenters. The number of quaternary nitrogens is 1. The van der Waals surface area contributed by atoms with Crippen LogP contribution in [-0.4, -0.2) is 47.5 Å². The molecule has 3 aromatic carbocycles. The highest BCUT2D eigenvalue weighted by molar-refractivity contribution is 8.13. The standard InChI is InChI=1S/C27H16BCl2F12NO.C2F6NO4S2/c29-19-3-4-20(21(30)12-19)28-43-5-1-2-22(43)23(44-28,13-6-15(24(31,32)33)10-16(7-13)25(34,35)36)14-8-17(26(37,38)39)11-18(9-14)27(40,41)42;3-1(4,5)14(10,11)9-15(12,13)2(6,7)8/h3-4,6-12,22H,1-2,5H2;/q;-1/p+1/t22-;/m0./s1. The molecule has 30 heteroatoms. The third kappa shape index (κ3) is 10.1. The first-order valence-corrected chi connectivity index (χ1v) is 18.9. The fraction of sp³-hybridized carbons (Fsp3) is 0.379. The average molecular weight is 961 g/mol. The number of hydrogen-bond acceptors (Lipinski definition) is 5. The summed E-state index contributed by atoms with van der Waals surface area (Å²) in [6, 6.07) is 3.45. The van der Waals surface area contributed by atoms with Crippen molar-refractivity contribution in [3.63, 3.8) is 0 Å². The fourth-order valence-corrected chi connectivity index (χ4v) is 8.44. The monoisotopic (exact) mass is 960 g/mol. The quantitative estimate of drug-likeness (QED) is 0.204. The zero-order valence-electron chi connectivity index (χ0n) is 27.8. The molecule has 2 aliphatic rings. The van der Waals surface area contributed by atoms with Gasteiger partial charge < -0.3 is 13.6 Å². The lowest BCUT2D eigenvalue weighted by Crippen LogP contribution is -3.19. The summed E-state index contributed by atoms with van der Waals surface area (Å²) in [4.78, 5) is 0.339. The largest absolute Gasteiger partial charge is 0.612 e. The van der Waals surface area contributed by atoms with Crippen LogP contribution < -0.4 is 10.3 Å². The van der Waals surface area contributed by atoms with Crippen LogP contribution in [0.1, 0.15) is 46.2 Å². The van der Waals surface area contributed by atoms with Crippen LogP contribution in [0.3, 0.4) is 0 Å². The lowest BCUT2D eigenvalue weighted by atomic mass is 9.72. The van der Waals surface area contributed by atoms with Gasteiger partial charge in [-0.05, 0) is 59.7 Å². The van der Waals surface area contributed by atoms with Crippen LogP contribution in [-0.2, 0) is 55.0 Å². The number of fused-ring (bicyclic) bond motifs is 1. The van der Waals surface area contributed by atoms with Crippen molar-refractivity contribution in [2.24, 2.45) is 0 Å². The van der Waals surface area contributed by atoms with Crippen LogP contribution in [0.5, 0.6) is 0 Å². The smallest absolute Gasteiger partial charge is 0.421 e. The van der Waals surface area contributed by atoms with Crippen LogP contribution in [0.2, 0.25) is 10.0 Å². The Morgan fingerprint density at radius 2 is 0.983 bits per heavy atom. The van der Waals surface area contributed by atoms with E-state index in [0.29, 0.717) is 4.81 Å². The molecule has 0 amide bonds. The maximum absolute atomic E-state index is 14.0. The Balaban J connectivity index is 0.000000436. The first-order chi connectivity index (χ1) is 26.3. The predicted octanol–water partition coefficient (Wildman–Crippen LogP) is 8.84. The minimum absolute atomic E-state index is 0.0355. The van der Waals surface area contributed by atoms with Crippen molar-refractivity contribution >= 4 is 55.8 Å². The van der Waals surface area contributed by atoms with Gasteiger partial charge in [0.1, 0.15) is 6.04 Å². The SMILES string of the molecule is FC(F)(F)c1cc(C(F)(F)F)cc(C2(c3cc(C(F)(F)F)cc(C(F)(F)F)c3)OB(c3ccc(Cl)cc3Cl)[NH+]3CCC[C@H]32)c1.O=S(=O)([N-]S(=O)(=O)C(F)(F)F)C(F)(F)F. The molecule has 59 heavy (non-hydrogen) atoms. The van der Waals surface area contributed by atoms with Gasteiger partial charge >= 0.3 is 42.8 Å². The molecule has 2 saturated heterocycles. The van der Waals surface area contributed by atoms with Crippen molar-refractivity contribution in [3.8, 4) is 0 Å². The molecule has 0 spiro atoms. The van der Waals surface area contributed by atoms with Gasteiger partial charge in [0.25, 0.3) is 0 Å². The lowest BCUT2D eigenvalue weighted by molar-refractivity contribution is -0.799. The van der Waals surface area contributed by atoms with E-state index in [4.69, 9.17) is 27.9 Å². The normalized spacial score (nSPS) is 19.4. The molecule has 5 rings (SSSR count). The molecule has 2 aliphatic heterocycles. The first-order valence-electron chi connectivity index (χ1n) is 15.3. The molecule has 0 saturated carbocycles. The van der Waals surface area contributed by atoms with Gasteiger partial charge in [0.15, 0.2) is 25.6 Å². The van der Waals surface area contributed by atoms with E-state index in [2.05, 4.69) is 0 Å². The van der Waals surface area contributed by atoms with Crippen molar-refractivity contribution in [1.29, 1.82) is 0 Å². The number of nitrogens with one attached hydrogen (secondary N) is 1. The van der Waals surface area contributed by atoms with Crippen molar-refractivity contribution in [2.45, 2.75) is 60.2 Å². The summed E-state index contributed by atoms with van der Waals surface area (Å²) >= 11 is 12.3. The molecule has 0 bridgehead atoms. The highest BCUT2D eigenvalue weighted by Crippen LogP contribution is 2.49. The first kappa shape index (κ1) is 48.5. The zero-order valence-corrected chi connectivity index (χ0v) is 31.0. The van der Waals surface area contributed by atoms with E-state index in [9.17, 15) is 95.9 Å². The summed E-state index contributed by atoms with van der Waals surface area (Å²) in [7, 11) is -14.8. The molecule has 1 N–H and O–H groups in total. The minimum Gasteiger partial charge on any atom is -0.421 e. The lowest BCUT2D eigenvalue weighted by Gasteiger charge is -2.35. The molecule has 2 heterocycles. The third-order valence-electron chi connectivity index (χ3n) is 8.60. The Morgan fingerprint density at radius 1 is 0.610 bits per heavy atom. The third-order valence-corrected chi connectivity index (χ3v) is 11.9. The second-order valence-corrected chi connectivity index (χ2v) is 16.7. The molecular formula is C29H17BCl2F18N2O5S2. The Bertz CT molecular complexity index is 2110. The summed E-state index contributed by atoms with van der Waals surface area (Å²) in [5, 5.41) is 0.105. The highest BCUT2D eigenvalue weighted by Gasteiger charge is 2.65. The van der Waals surface area contributed by atoms with E-state index in [1.54, 1.807) is 0 Å². The minimum atomic E-state index is -6.72. The number of benzene rings is 3. The maximum atomic E-state index is 14.0. The summed E-state index contributed by atoms with van der Waals surface area (Å²) in [6.07, 6.45) is -21.3. The second kappa shape index (κ2) is 15.6. The highest BCUT2D eigenvalue weighted by atomic mass is 35.5. The molecule has 0 radical (unpaired) electrons. The second-order valence-electron chi connectivity index (χ2n) is 12.4. The molecule has 328 valence electrons. The van der Waals surface area contributed by atoms with Gasteiger partial charge in [0.05, 0.1) is 28.8 Å². The Morgan fingerprint density at radius 3 is 1.31 bits per heavy atom. The van der Waals surface area contributed by atoms with E-state index in [0.717, 1.165) is 4.13 Å². The molecular weight excluding hydrogens is 944 g/mol. The van der Waals surface area contributed by atoms with E-state index >= 15 is 0 Å².